The van der Waals surface area contributed by atoms with E-state index in [-0.39, 0.29) is 0 Å². The van der Waals surface area contributed by atoms with Crippen LogP contribution in [-0.4, -0.2) is 4.98 Å². The molecule has 0 aliphatic heterocycles. The molecular weight excluding hydrogens is 224 g/mol. The fourth-order valence-electron chi connectivity index (χ4n) is 1.40. The van der Waals surface area contributed by atoms with Crippen molar-refractivity contribution in [1.82, 2.24) is 4.98 Å². The molecular formula is C12H13ClN2O. The van der Waals surface area contributed by atoms with Gasteiger partial charge in [0, 0.05) is 12.7 Å². The van der Waals surface area contributed by atoms with Crippen molar-refractivity contribution in [2.45, 2.75) is 13.2 Å². The van der Waals surface area contributed by atoms with Crippen LogP contribution in [0.3, 0.4) is 0 Å². The second-order valence-corrected chi connectivity index (χ2v) is 3.86. The van der Waals surface area contributed by atoms with Crippen LogP contribution in [0.2, 0.25) is 5.02 Å². The summed E-state index contributed by atoms with van der Waals surface area (Å²) in [5.41, 5.74) is 7.53. The fourth-order valence-corrected chi connectivity index (χ4v) is 1.66. The van der Waals surface area contributed by atoms with Crippen LogP contribution in [0.4, 0.5) is 0 Å². The molecule has 0 aliphatic rings. The molecule has 0 atom stereocenters. The summed E-state index contributed by atoms with van der Waals surface area (Å²) in [4.78, 5) is 3.06. The second-order valence-electron chi connectivity index (χ2n) is 3.45. The first-order chi connectivity index (χ1) is 7.79. The third-order valence-electron chi connectivity index (χ3n) is 2.28. The topological polar surface area (TPSA) is 51.0 Å². The normalized spacial score (nSPS) is 10.4. The first kappa shape index (κ1) is 11.0. The summed E-state index contributed by atoms with van der Waals surface area (Å²) >= 11 is 6.06. The van der Waals surface area contributed by atoms with E-state index in [1.54, 1.807) is 0 Å². The molecule has 0 saturated carbocycles. The van der Waals surface area contributed by atoms with Crippen LogP contribution in [0.15, 0.2) is 36.5 Å². The average Bonchev–Trinajstić information content (AvgIpc) is 2.80. The van der Waals surface area contributed by atoms with Gasteiger partial charge in [-0.05, 0) is 29.8 Å². The third-order valence-corrected chi connectivity index (χ3v) is 2.57. The van der Waals surface area contributed by atoms with E-state index in [9.17, 15) is 0 Å². The summed E-state index contributed by atoms with van der Waals surface area (Å²) < 4.78 is 5.58. The highest BCUT2D eigenvalue weighted by molar-refractivity contribution is 6.32. The maximum atomic E-state index is 6.06. The van der Waals surface area contributed by atoms with E-state index in [4.69, 9.17) is 22.1 Å². The van der Waals surface area contributed by atoms with Gasteiger partial charge >= 0.3 is 0 Å². The molecule has 84 valence electrons. The number of hydrogen-bond donors (Lipinski definition) is 2. The molecule has 0 saturated heterocycles. The van der Waals surface area contributed by atoms with Crippen LogP contribution in [-0.2, 0) is 13.2 Å². The van der Waals surface area contributed by atoms with Gasteiger partial charge in [-0.15, -0.1) is 0 Å². The number of hydrogen-bond acceptors (Lipinski definition) is 2. The van der Waals surface area contributed by atoms with Crippen molar-refractivity contribution in [2.75, 3.05) is 0 Å². The van der Waals surface area contributed by atoms with Crippen molar-refractivity contribution in [2.24, 2.45) is 5.73 Å². The smallest absolute Gasteiger partial charge is 0.138 e. The van der Waals surface area contributed by atoms with Crippen molar-refractivity contribution >= 4 is 11.6 Å². The van der Waals surface area contributed by atoms with E-state index in [0.29, 0.717) is 23.9 Å². The molecule has 16 heavy (non-hydrogen) atoms. The summed E-state index contributed by atoms with van der Waals surface area (Å²) in [5, 5.41) is 0.592. The maximum absolute atomic E-state index is 6.06. The van der Waals surface area contributed by atoms with Crippen LogP contribution in [0.1, 0.15) is 11.3 Å². The molecule has 0 radical (unpaired) electrons. The Morgan fingerprint density at radius 3 is 2.81 bits per heavy atom. The summed E-state index contributed by atoms with van der Waals surface area (Å²) in [5.74, 6) is 0.675. The number of H-pyrrole nitrogens is 1. The molecule has 0 fully saturated rings. The molecule has 3 nitrogen and oxygen atoms in total. The molecule has 3 N–H and O–H groups in total. The zero-order valence-corrected chi connectivity index (χ0v) is 9.50. The molecule has 2 aromatic rings. The van der Waals surface area contributed by atoms with Gasteiger partial charge in [-0.1, -0.05) is 17.7 Å². The van der Waals surface area contributed by atoms with Gasteiger partial charge in [-0.3, -0.25) is 0 Å². The van der Waals surface area contributed by atoms with Gasteiger partial charge in [-0.2, -0.15) is 0 Å². The Hall–Kier alpha value is -1.45. The quantitative estimate of drug-likeness (QED) is 0.858. The number of benzene rings is 1. The zero-order chi connectivity index (χ0) is 11.4. The molecule has 0 unspecified atom stereocenters. The molecule has 1 heterocycles. The summed E-state index contributed by atoms with van der Waals surface area (Å²) in [6.07, 6.45) is 1.86. The summed E-state index contributed by atoms with van der Waals surface area (Å²) in [6, 6.07) is 9.47. The fraction of sp³-hybridized carbons (Fsp3) is 0.167. The average molecular weight is 237 g/mol. The summed E-state index contributed by atoms with van der Waals surface area (Å²) in [7, 11) is 0. The van der Waals surface area contributed by atoms with Crippen LogP contribution in [0, 0.1) is 0 Å². The Bertz CT molecular complexity index is 454. The third kappa shape index (κ3) is 2.56. The van der Waals surface area contributed by atoms with Gasteiger partial charge in [0.2, 0.25) is 0 Å². The van der Waals surface area contributed by atoms with E-state index in [2.05, 4.69) is 4.98 Å². The van der Waals surface area contributed by atoms with Crippen molar-refractivity contribution in [3.8, 4) is 5.75 Å². The lowest BCUT2D eigenvalue weighted by molar-refractivity contribution is 0.302. The molecule has 0 bridgehead atoms. The van der Waals surface area contributed by atoms with E-state index in [1.807, 2.05) is 36.5 Å². The molecule has 0 amide bonds. The number of aromatic nitrogens is 1. The lowest BCUT2D eigenvalue weighted by atomic mass is 10.2. The summed E-state index contributed by atoms with van der Waals surface area (Å²) in [6.45, 7) is 0.964. The number of nitrogens with one attached hydrogen (secondary N) is 1. The van der Waals surface area contributed by atoms with Gasteiger partial charge in [0.05, 0.1) is 10.7 Å². The zero-order valence-electron chi connectivity index (χ0n) is 8.74. The van der Waals surface area contributed by atoms with Crippen molar-refractivity contribution in [3.63, 3.8) is 0 Å². The van der Waals surface area contributed by atoms with Crippen LogP contribution in [0.25, 0.3) is 0 Å². The lowest BCUT2D eigenvalue weighted by Crippen LogP contribution is -1.99. The highest BCUT2D eigenvalue weighted by atomic mass is 35.5. The lowest BCUT2D eigenvalue weighted by Gasteiger charge is -2.08. The number of ether oxygens (including phenoxy) is 1. The van der Waals surface area contributed by atoms with E-state index in [0.717, 1.165) is 11.3 Å². The van der Waals surface area contributed by atoms with Gasteiger partial charge in [-0.25, -0.2) is 0 Å². The monoisotopic (exact) mass is 236 g/mol. The van der Waals surface area contributed by atoms with Crippen LogP contribution < -0.4 is 10.5 Å². The largest absolute Gasteiger partial charge is 0.486 e. The molecule has 0 spiro atoms. The van der Waals surface area contributed by atoms with Crippen molar-refractivity contribution in [3.05, 3.63) is 52.8 Å². The minimum atomic E-state index is 0.481. The Morgan fingerprint density at radius 2 is 2.19 bits per heavy atom. The standard InChI is InChI=1S/C12H13ClN2O/c13-11-6-9(7-14)3-4-12(11)16-8-10-2-1-5-15-10/h1-6,15H,7-8,14H2. The number of rotatable bonds is 4. The van der Waals surface area contributed by atoms with E-state index < -0.39 is 0 Å². The molecule has 0 aliphatic carbocycles. The Balaban J connectivity index is 2.04. The maximum Gasteiger partial charge on any atom is 0.138 e. The Labute approximate surface area is 99.2 Å². The highest BCUT2D eigenvalue weighted by Crippen LogP contribution is 2.25. The predicted molar refractivity (Wildman–Crippen MR) is 64.5 cm³/mol. The van der Waals surface area contributed by atoms with Crippen molar-refractivity contribution in [1.29, 1.82) is 0 Å². The Kier molecular flexibility index (Phi) is 3.49. The first-order valence-corrected chi connectivity index (χ1v) is 5.41. The second kappa shape index (κ2) is 5.05. The minimum absolute atomic E-state index is 0.481. The highest BCUT2D eigenvalue weighted by Gasteiger charge is 2.03. The van der Waals surface area contributed by atoms with E-state index in [1.165, 1.54) is 0 Å². The minimum Gasteiger partial charge on any atom is -0.486 e. The first-order valence-electron chi connectivity index (χ1n) is 5.03. The van der Waals surface area contributed by atoms with Crippen LogP contribution in [0.5, 0.6) is 5.75 Å². The number of aromatic amines is 1. The number of nitrogens with two attached hydrogens (primary N) is 1. The molecule has 4 heteroatoms. The van der Waals surface area contributed by atoms with E-state index >= 15 is 0 Å². The van der Waals surface area contributed by atoms with Crippen LogP contribution >= 0.6 is 11.6 Å². The molecule has 2 rings (SSSR count). The number of halogens is 1. The Morgan fingerprint density at radius 1 is 1.31 bits per heavy atom. The molecule has 1 aromatic heterocycles. The van der Waals surface area contributed by atoms with Gasteiger partial charge in [0.1, 0.15) is 12.4 Å². The van der Waals surface area contributed by atoms with Crippen molar-refractivity contribution < 1.29 is 4.74 Å². The van der Waals surface area contributed by atoms with Gasteiger partial charge < -0.3 is 15.5 Å². The SMILES string of the molecule is NCc1ccc(OCc2ccc[nH]2)c(Cl)c1. The predicted octanol–water partition coefficient (Wildman–Crippen LogP) is 2.71. The van der Waals surface area contributed by atoms with Gasteiger partial charge in [0.15, 0.2) is 0 Å². The molecule has 1 aromatic carbocycles. The van der Waals surface area contributed by atoms with Gasteiger partial charge in [0.25, 0.3) is 0 Å².